The van der Waals surface area contributed by atoms with Crippen LogP contribution in [0.3, 0.4) is 0 Å². The van der Waals surface area contributed by atoms with Gasteiger partial charge in [0.05, 0.1) is 0 Å². The summed E-state index contributed by atoms with van der Waals surface area (Å²) in [6, 6.07) is 3.70. The van der Waals surface area contributed by atoms with Gasteiger partial charge in [-0.1, -0.05) is 0 Å². The van der Waals surface area contributed by atoms with Crippen LogP contribution in [0.4, 0.5) is 0 Å². The molecule has 4 N–H and O–H groups in total. The van der Waals surface area contributed by atoms with Crippen molar-refractivity contribution in [1.29, 1.82) is 0 Å². The van der Waals surface area contributed by atoms with E-state index in [1.165, 1.54) is 12.1 Å². The molecule has 1 aromatic rings. The second-order valence-corrected chi connectivity index (χ2v) is 4.73. The summed E-state index contributed by atoms with van der Waals surface area (Å²) in [7, 11) is 0. The third-order valence-electron chi connectivity index (χ3n) is 3.44. The van der Waals surface area contributed by atoms with Crippen molar-refractivity contribution in [3.05, 3.63) is 52.6 Å². The van der Waals surface area contributed by atoms with Crippen molar-refractivity contribution in [3.63, 3.8) is 0 Å². The monoisotopic (exact) mass is 274 g/mol. The molecule has 0 spiro atoms. The molecular formula is C14H10O6. The highest BCUT2D eigenvalue weighted by Gasteiger charge is 2.45. The first-order valence-electron chi connectivity index (χ1n) is 5.81. The lowest BCUT2D eigenvalue weighted by atomic mass is 9.77. The molecule has 6 heteroatoms. The predicted octanol–water partition coefficient (Wildman–Crippen LogP) is -0.321. The Kier molecular flexibility index (Phi) is 2.46. The SMILES string of the molecule is O=C1C2=C(C(=O)c3cc(O)ccc31)C(O)C(O)(O)C=C2. The molecule has 6 nitrogen and oxygen atoms in total. The van der Waals surface area contributed by atoms with E-state index in [-0.39, 0.29) is 28.0 Å². The van der Waals surface area contributed by atoms with Gasteiger partial charge in [-0.05, 0) is 30.4 Å². The lowest BCUT2D eigenvalue weighted by molar-refractivity contribution is -0.176. The van der Waals surface area contributed by atoms with Gasteiger partial charge in [-0.15, -0.1) is 0 Å². The zero-order valence-corrected chi connectivity index (χ0v) is 10.1. The fourth-order valence-electron chi connectivity index (χ4n) is 2.40. The maximum Gasteiger partial charge on any atom is 0.214 e. The Hall–Kier alpha value is -2.28. The van der Waals surface area contributed by atoms with Gasteiger partial charge in [-0.2, -0.15) is 0 Å². The summed E-state index contributed by atoms with van der Waals surface area (Å²) in [5.74, 6) is -4.03. The standard InChI is InChI=1S/C14H10O6/c15-6-1-2-7-9(5-6)12(17)10-8(11(7)16)3-4-14(19,20)13(10)18/h1-5,13,15,18-20H. The number of hydrogen-bond donors (Lipinski definition) is 4. The van der Waals surface area contributed by atoms with E-state index in [4.69, 9.17) is 0 Å². The van der Waals surface area contributed by atoms with Crippen LogP contribution in [0.2, 0.25) is 0 Å². The Balaban J connectivity index is 2.24. The summed E-state index contributed by atoms with van der Waals surface area (Å²) in [4.78, 5) is 24.6. The summed E-state index contributed by atoms with van der Waals surface area (Å²) in [5.41, 5.74) is -0.411. The first-order valence-corrected chi connectivity index (χ1v) is 5.81. The van der Waals surface area contributed by atoms with Crippen LogP contribution in [-0.2, 0) is 0 Å². The third-order valence-corrected chi connectivity index (χ3v) is 3.44. The topological polar surface area (TPSA) is 115 Å². The van der Waals surface area contributed by atoms with Gasteiger partial charge in [0.2, 0.25) is 5.79 Å². The van der Waals surface area contributed by atoms with Gasteiger partial charge in [0.15, 0.2) is 11.6 Å². The maximum atomic E-state index is 12.3. The van der Waals surface area contributed by atoms with Crippen LogP contribution < -0.4 is 0 Å². The molecule has 2 aliphatic rings. The van der Waals surface area contributed by atoms with Crippen LogP contribution in [0.1, 0.15) is 20.7 Å². The van der Waals surface area contributed by atoms with E-state index in [1.54, 1.807) is 0 Å². The molecule has 102 valence electrons. The van der Waals surface area contributed by atoms with Crippen LogP contribution in [0, 0.1) is 0 Å². The summed E-state index contributed by atoms with van der Waals surface area (Å²) < 4.78 is 0. The highest BCUT2D eigenvalue weighted by Crippen LogP contribution is 2.36. The number of hydrogen-bond acceptors (Lipinski definition) is 6. The second kappa shape index (κ2) is 3.86. The van der Waals surface area contributed by atoms with E-state index >= 15 is 0 Å². The first kappa shape index (κ1) is 12.7. The highest BCUT2D eigenvalue weighted by molar-refractivity contribution is 6.28. The number of ketones is 2. The molecular weight excluding hydrogens is 264 g/mol. The van der Waals surface area contributed by atoms with Crippen molar-refractivity contribution in [2.24, 2.45) is 0 Å². The molecule has 0 heterocycles. The van der Waals surface area contributed by atoms with Gasteiger partial charge in [-0.25, -0.2) is 0 Å². The van der Waals surface area contributed by atoms with E-state index in [0.717, 1.165) is 18.2 Å². The number of aromatic hydroxyl groups is 1. The van der Waals surface area contributed by atoms with Gasteiger partial charge >= 0.3 is 0 Å². The smallest absolute Gasteiger partial charge is 0.214 e. The first-order chi connectivity index (χ1) is 9.33. The van der Waals surface area contributed by atoms with E-state index < -0.39 is 23.5 Å². The molecule has 0 saturated heterocycles. The van der Waals surface area contributed by atoms with Crippen LogP contribution in [0.15, 0.2) is 41.5 Å². The van der Waals surface area contributed by atoms with Crippen molar-refractivity contribution in [2.45, 2.75) is 11.9 Å². The number of carbonyl (C=O) groups excluding carboxylic acids is 2. The summed E-state index contributed by atoms with van der Waals surface area (Å²) in [6.07, 6.45) is 0.0417. The fraction of sp³-hybridized carbons (Fsp3) is 0.143. The molecule has 20 heavy (non-hydrogen) atoms. The quantitative estimate of drug-likeness (QED) is 0.482. The van der Waals surface area contributed by atoms with Gasteiger partial charge in [0, 0.05) is 22.3 Å². The number of rotatable bonds is 0. The van der Waals surface area contributed by atoms with E-state index in [2.05, 4.69) is 0 Å². The van der Waals surface area contributed by atoms with Gasteiger partial charge in [0.1, 0.15) is 11.9 Å². The molecule has 1 aromatic carbocycles. The lowest BCUT2D eigenvalue weighted by Crippen LogP contribution is -2.47. The van der Waals surface area contributed by atoms with Crippen LogP contribution >= 0.6 is 0 Å². The molecule has 0 amide bonds. The van der Waals surface area contributed by atoms with Crippen molar-refractivity contribution in [3.8, 4) is 5.75 Å². The summed E-state index contributed by atoms with van der Waals surface area (Å²) in [5, 5.41) is 38.4. The van der Waals surface area contributed by atoms with Crippen molar-refractivity contribution in [2.75, 3.05) is 0 Å². The molecule has 1 atom stereocenters. The average molecular weight is 274 g/mol. The number of aliphatic hydroxyl groups excluding tert-OH is 1. The van der Waals surface area contributed by atoms with Gasteiger partial charge in [-0.3, -0.25) is 9.59 Å². The second-order valence-electron chi connectivity index (χ2n) is 4.73. The third kappa shape index (κ3) is 1.56. The van der Waals surface area contributed by atoms with E-state index in [0.29, 0.717) is 0 Å². The molecule has 0 aliphatic heterocycles. The number of carbonyl (C=O) groups is 2. The molecule has 2 aliphatic carbocycles. The van der Waals surface area contributed by atoms with Crippen LogP contribution in [0.25, 0.3) is 0 Å². The number of phenols is 1. The molecule has 0 fully saturated rings. The molecule has 0 aromatic heterocycles. The number of fused-ring (bicyclic) bond motifs is 1. The lowest BCUT2D eigenvalue weighted by Gasteiger charge is -2.32. The van der Waals surface area contributed by atoms with Crippen molar-refractivity contribution < 1.29 is 30.0 Å². The Labute approximate surface area is 112 Å². The minimum absolute atomic E-state index is 0.0700. The van der Waals surface area contributed by atoms with E-state index in [1.807, 2.05) is 0 Å². The van der Waals surface area contributed by atoms with Crippen LogP contribution in [0.5, 0.6) is 5.75 Å². The average Bonchev–Trinajstić information content (AvgIpc) is 2.39. The fourth-order valence-corrected chi connectivity index (χ4v) is 2.40. The normalized spacial score (nSPS) is 23.6. The molecule has 0 bridgehead atoms. The van der Waals surface area contributed by atoms with Crippen LogP contribution in [-0.4, -0.2) is 43.9 Å². The Morgan fingerprint density at radius 1 is 1.05 bits per heavy atom. The molecule has 3 rings (SSSR count). The Morgan fingerprint density at radius 2 is 1.75 bits per heavy atom. The number of Topliss-reactive ketones (excluding diaryl/α,β-unsaturated/α-hetero) is 2. The molecule has 0 radical (unpaired) electrons. The zero-order chi connectivity index (χ0) is 14.7. The number of phenolic OH excluding ortho intramolecular Hbond substituents is 1. The molecule has 0 saturated carbocycles. The Morgan fingerprint density at radius 3 is 2.45 bits per heavy atom. The highest BCUT2D eigenvalue weighted by atomic mass is 16.5. The maximum absolute atomic E-state index is 12.3. The van der Waals surface area contributed by atoms with Gasteiger partial charge < -0.3 is 20.4 Å². The van der Waals surface area contributed by atoms with Gasteiger partial charge in [0.25, 0.3) is 0 Å². The Bertz CT molecular complexity index is 710. The zero-order valence-electron chi connectivity index (χ0n) is 10.1. The molecule has 1 unspecified atom stereocenters. The largest absolute Gasteiger partial charge is 0.508 e. The number of allylic oxidation sites excluding steroid dienone is 2. The number of benzene rings is 1. The van der Waals surface area contributed by atoms with Crippen molar-refractivity contribution >= 4 is 11.6 Å². The minimum Gasteiger partial charge on any atom is -0.508 e. The number of aliphatic hydroxyl groups is 3. The predicted molar refractivity (Wildman–Crippen MR) is 66.1 cm³/mol. The van der Waals surface area contributed by atoms with Crippen molar-refractivity contribution in [1.82, 2.24) is 0 Å². The summed E-state index contributed by atoms with van der Waals surface area (Å²) in [6.45, 7) is 0. The minimum atomic E-state index is -2.61. The summed E-state index contributed by atoms with van der Waals surface area (Å²) >= 11 is 0. The van der Waals surface area contributed by atoms with E-state index in [9.17, 15) is 30.0 Å².